The predicted octanol–water partition coefficient (Wildman–Crippen LogP) is 6.12. The molecule has 0 aromatic heterocycles. The fraction of sp³-hybridized carbons (Fsp3) is 0.769. The Kier molecular flexibility index (Phi) is 6.86. The van der Waals surface area contributed by atoms with Crippen molar-refractivity contribution in [3.8, 4) is 0 Å². The van der Waals surface area contributed by atoms with Crippen molar-refractivity contribution in [1.29, 1.82) is 0 Å². The number of carbonyl (C=O) groups is 1. The van der Waals surface area contributed by atoms with Crippen molar-refractivity contribution in [2.75, 3.05) is 0 Å². The third-order valence-corrected chi connectivity index (χ3v) is 3.68. The van der Waals surface area contributed by atoms with E-state index in [1.165, 1.54) is 0 Å². The molecule has 0 aliphatic heterocycles. The molecule has 184 valence electrons. The third-order valence-electron chi connectivity index (χ3n) is 3.68. The number of rotatable bonds is 9. The van der Waals surface area contributed by atoms with Crippen molar-refractivity contribution >= 4 is 5.97 Å². The van der Waals surface area contributed by atoms with E-state index in [1.807, 2.05) is 0 Å². The summed E-state index contributed by atoms with van der Waals surface area (Å²) >= 11 is 0. The molecule has 0 saturated carbocycles. The van der Waals surface area contributed by atoms with Crippen LogP contribution in [0.15, 0.2) is 11.6 Å². The van der Waals surface area contributed by atoms with E-state index in [9.17, 15) is 75.0 Å². The van der Waals surface area contributed by atoms with Gasteiger partial charge in [0, 0.05) is 18.6 Å². The van der Waals surface area contributed by atoms with Gasteiger partial charge in [0.1, 0.15) is 0 Å². The highest BCUT2D eigenvalue weighted by atomic mass is 19.4. The van der Waals surface area contributed by atoms with Gasteiger partial charge in [0.05, 0.1) is 0 Å². The Hall–Kier alpha value is -1.91. The summed E-state index contributed by atoms with van der Waals surface area (Å²) in [5, 5.41) is 8.22. The van der Waals surface area contributed by atoms with Crippen molar-refractivity contribution in [2.45, 2.75) is 61.2 Å². The number of alkyl halides is 16. The molecule has 31 heavy (non-hydrogen) atoms. The zero-order valence-corrected chi connectivity index (χ0v) is 14.5. The van der Waals surface area contributed by atoms with Crippen LogP contribution in [-0.4, -0.2) is 58.5 Å². The highest BCUT2D eigenvalue weighted by Crippen LogP contribution is 2.63. The zero-order chi connectivity index (χ0) is 25.9. The Morgan fingerprint density at radius 1 is 0.581 bits per heavy atom. The molecule has 0 fully saturated rings. The van der Waals surface area contributed by atoms with E-state index >= 15 is 0 Å². The molecular weight excluding hydrogens is 492 g/mol. The molecule has 0 aromatic carbocycles. The standard InChI is InChI=1S/C13H8F16O2/c1-4(5(30)31)3-7(16,17)9(20,21)11(24,25)13(28,29)12(26,27)10(22,23)8(18,19)6(2,14)15/h3H,1-2H3,(H,30,31). The minimum absolute atomic E-state index is 0.00917. The van der Waals surface area contributed by atoms with Gasteiger partial charge in [-0.15, -0.1) is 0 Å². The number of carboxylic acids is 1. The monoisotopic (exact) mass is 500 g/mol. The lowest BCUT2D eigenvalue weighted by Crippen LogP contribution is -2.74. The molecule has 18 heteroatoms. The van der Waals surface area contributed by atoms with Crippen LogP contribution in [0, 0.1) is 0 Å². The summed E-state index contributed by atoms with van der Waals surface area (Å²) in [5.41, 5.74) is -1.95. The lowest BCUT2D eigenvalue weighted by molar-refractivity contribution is -0.449. The van der Waals surface area contributed by atoms with Crippen molar-refractivity contribution in [3.05, 3.63) is 11.6 Å². The molecule has 0 amide bonds. The average Bonchev–Trinajstić information content (AvgIpc) is 2.51. The summed E-state index contributed by atoms with van der Waals surface area (Å²) < 4.78 is 211. The molecule has 0 spiro atoms. The fourth-order valence-electron chi connectivity index (χ4n) is 1.70. The zero-order valence-electron chi connectivity index (χ0n) is 14.5. The van der Waals surface area contributed by atoms with Gasteiger partial charge in [0.15, 0.2) is 0 Å². The summed E-state index contributed by atoms with van der Waals surface area (Å²) in [5.74, 6) is -64.5. The molecule has 0 aromatic rings. The lowest BCUT2D eigenvalue weighted by atomic mass is 9.87. The largest absolute Gasteiger partial charge is 0.478 e. The van der Waals surface area contributed by atoms with Gasteiger partial charge in [-0.1, -0.05) is 0 Å². The van der Waals surface area contributed by atoms with Gasteiger partial charge >= 0.3 is 53.3 Å². The highest BCUT2D eigenvalue weighted by molar-refractivity contribution is 5.86. The molecule has 1 N–H and O–H groups in total. The topological polar surface area (TPSA) is 37.3 Å². The van der Waals surface area contributed by atoms with Crippen LogP contribution in [0.1, 0.15) is 13.8 Å². The van der Waals surface area contributed by atoms with Crippen LogP contribution in [0.5, 0.6) is 0 Å². The Morgan fingerprint density at radius 3 is 1.10 bits per heavy atom. The average molecular weight is 500 g/mol. The number of hydrogen-bond donors (Lipinski definition) is 1. The summed E-state index contributed by atoms with van der Waals surface area (Å²) in [6.45, 7) is -1.23. The molecular formula is C13H8F16O2. The van der Waals surface area contributed by atoms with Crippen LogP contribution < -0.4 is 0 Å². The third kappa shape index (κ3) is 3.89. The highest BCUT2D eigenvalue weighted by Gasteiger charge is 2.94. The Balaban J connectivity index is 6.83. The Labute approximate surface area is 160 Å². The van der Waals surface area contributed by atoms with E-state index in [0.29, 0.717) is 0 Å². The van der Waals surface area contributed by atoms with Crippen LogP contribution in [-0.2, 0) is 4.79 Å². The number of carboxylic acid groups (broad SMARTS) is 1. The van der Waals surface area contributed by atoms with Gasteiger partial charge in [-0.25, -0.2) is 4.79 Å². The first-order chi connectivity index (χ1) is 13.1. The Morgan fingerprint density at radius 2 is 0.839 bits per heavy atom. The minimum atomic E-state index is -8.52. The Bertz CT molecular complexity index is 730. The molecule has 0 saturated heterocycles. The fourth-order valence-corrected chi connectivity index (χ4v) is 1.70. The smallest absolute Gasteiger partial charge is 0.385 e. The maximum absolute atomic E-state index is 13.4. The molecule has 2 nitrogen and oxygen atoms in total. The normalized spacial score (nSPS) is 16.5. The van der Waals surface area contributed by atoms with E-state index in [0.717, 1.165) is 0 Å². The SMILES string of the molecule is CC(=CC(F)(F)C(F)(F)C(F)(F)C(F)(F)C(F)(F)C(F)(F)C(F)(F)C(C)(F)F)C(=O)O. The lowest BCUT2D eigenvalue weighted by Gasteiger charge is -2.43. The first-order valence-corrected chi connectivity index (χ1v) is 7.03. The molecule has 0 aliphatic rings. The summed E-state index contributed by atoms with van der Waals surface area (Å²) in [4.78, 5) is 10.3. The molecule has 0 heterocycles. The summed E-state index contributed by atoms with van der Waals surface area (Å²) in [6.07, 6.45) is -1.63. The minimum Gasteiger partial charge on any atom is -0.478 e. The van der Waals surface area contributed by atoms with E-state index < -0.39 is 71.9 Å². The van der Waals surface area contributed by atoms with Gasteiger partial charge in [0.2, 0.25) is 0 Å². The van der Waals surface area contributed by atoms with E-state index in [2.05, 4.69) is 0 Å². The van der Waals surface area contributed by atoms with Gasteiger partial charge in [-0.2, -0.15) is 70.2 Å². The van der Waals surface area contributed by atoms with Crippen molar-refractivity contribution in [3.63, 3.8) is 0 Å². The number of allylic oxidation sites excluding steroid dienone is 1. The quantitative estimate of drug-likeness (QED) is 0.306. The van der Waals surface area contributed by atoms with E-state index in [-0.39, 0.29) is 6.92 Å². The number of hydrogen-bond acceptors (Lipinski definition) is 1. The molecule has 0 unspecified atom stereocenters. The van der Waals surface area contributed by atoms with Crippen LogP contribution in [0.25, 0.3) is 0 Å². The maximum atomic E-state index is 13.4. The first kappa shape index (κ1) is 29.1. The van der Waals surface area contributed by atoms with E-state index in [1.54, 1.807) is 0 Å². The van der Waals surface area contributed by atoms with Gasteiger partial charge < -0.3 is 5.11 Å². The second-order valence-corrected chi connectivity index (χ2v) is 6.09. The van der Waals surface area contributed by atoms with Gasteiger partial charge in [-0.05, 0) is 6.92 Å². The van der Waals surface area contributed by atoms with Gasteiger partial charge in [-0.3, -0.25) is 0 Å². The van der Waals surface area contributed by atoms with Crippen molar-refractivity contribution < 1.29 is 80.1 Å². The molecule has 0 radical (unpaired) electrons. The van der Waals surface area contributed by atoms with Crippen LogP contribution in [0.2, 0.25) is 0 Å². The second-order valence-electron chi connectivity index (χ2n) is 6.09. The van der Waals surface area contributed by atoms with E-state index in [4.69, 9.17) is 5.11 Å². The summed E-state index contributed by atoms with van der Waals surface area (Å²) in [6, 6.07) is 0. The van der Waals surface area contributed by atoms with Crippen LogP contribution >= 0.6 is 0 Å². The second kappa shape index (κ2) is 7.31. The number of halogens is 16. The molecule has 0 aliphatic carbocycles. The summed E-state index contributed by atoms with van der Waals surface area (Å²) in [7, 11) is 0. The number of aliphatic carboxylic acids is 1. The maximum Gasteiger partial charge on any atom is 0.385 e. The van der Waals surface area contributed by atoms with Crippen LogP contribution in [0.3, 0.4) is 0 Å². The molecule has 0 bridgehead atoms. The first-order valence-electron chi connectivity index (χ1n) is 7.03. The van der Waals surface area contributed by atoms with Crippen LogP contribution in [0.4, 0.5) is 70.2 Å². The van der Waals surface area contributed by atoms with Gasteiger partial charge in [0.25, 0.3) is 0 Å². The molecule has 0 atom stereocenters. The molecule has 0 rings (SSSR count). The van der Waals surface area contributed by atoms with Crippen molar-refractivity contribution in [1.82, 2.24) is 0 Å². The predicted molar refractivity (Wildman–Crippen MR) is 66.6 cm³/mol. The van der Waals surface area contributed by atoms with Crippen molar-refractivity contribution in [2.24, 2.45) is 0 Å².